The third-order valence-corrected chi connectivity index (χ3v) is 9.64. The maximum Gasteiger partial charge on any atom is 0.408 e. The number of carbonyl (C=O) groups excluding carboxylic acids is 6. The van der Waals surface area contributed by atoms with Gasteiger partial charge in [-0.1, -0.05) is 53.0 Å². The number of ketones is 2. The van der Waals surface area contributed by atoms with Crippen LogP contribution in [0.3, 0.4) is 0 Å². The largest absolute Gasteiger partial charge is 0.444 e. The second-order valence-electron chi connectivity index (χ2n) is 14.8. The summed E-state index contributed by atoms with van der Waals surface area (Å²) in [5.74, 6) is -2.82. The van der Waals surface area contributed by atoms with E-state index < -0.39 is 47.4 Å². The summed E-state index contributed by atoms with van der Waals surface area (Å²) in [6, 6.07) is -2.81. The highest BCUT2D eigenvalue weighted by Gasteiger charge is 2.69. The number of fused-ring (bicyclic) bond motifs is 1. The molecule has 3 aliphatic rings. The van der Waals surface area contributed by atoms with Crippen molar-refractivity contribution in [2.45, 2.75) is 124 Å². The van der Waals surface area contributed by atoms with Gasteiger partial charge < -0.3 is 25.6 Å². The first kappa shape index (κ1) is 36.2. The minimum absolute atomic E-state index is 0.0275. The maximum atomic E-state index is 14.3. The first-order valence-corrected chi connectivity index (χ1v) is 16.6. The molecule has 0 bridgehead atoms. The molecule has 0 unspecified atom stereocenters. The Kier molecular flexibility index (Phi) is 12.0. The maximum absolute atomic E-state index is 14.3. The summed E-state index contributed by atoms with van der Waals surface area (Å²) in [7, 11) is 0. The molecule has 252 valence electrons. The molecule has 1 aliphatic heterocycles. The molecule has 0 aromatic carbocycles. The summed E-state index contributed by atoms with van der Waals surface area (Å²) < 4.78 is 5.50. The highest BCUT2D eigenvalue weighted by molar-refractivity contribution is 6.38. The predicted molar refractivity (Wildman–Crippen MR) is 170 cm³/mol. The standard InChI is InChI=1S/C34H54N4O7/c1-9-10-16-23(28(40)30(42)35-18-17-24(39)20(2)3)36-29(41)27-25-22(34(25,7)8)19-38(27)31(43)26(21-14-12-11-13-15-21)37-32(44)45-33(4,5)6/h9,20-23,25-27H,1,10-19H2,2-8H3,(H,35,42)(H,36,41)(H,37,44)/t22-,23-,25-,26-,27-/m0/s1. The van der Waals surface area contributed by atoms with Gasteiger partial charge in [-0.25, -0.2) is 4.79 Å². The fourth-order valence-electron chi connectivity index (χ4n) is 6.92. The van der Waals surface area contributed by atoms with E-state index in [0.29, 0.717) is 13.0 Å². The van der Waals surface area contributed by atoms with Crippen LogP contribution >= 0.6 is 0 Å². The lowest BCUT2D eigenvalue weighted by molar-refractivity contribution is -0.145. The number of likely N-dealkylation sites (tertiary alicyclic amines) is 1. The van der Waals surface area contributed by atoms with Gasteiger partial charge in [-0.2, -0.15) is 0 Å². The second kappa shape index (κ2) is 14.9. The van der Waals surface area contributed by atoms with Crippen molar-refractivity contribution in [1.29, 1.82) is 0 Å². The van der Waals surface area contributed by atoms with E-state index in [-0.39, 0.29) is 60.2 Å². The number of rotatable bonds is 14. The van der Waals surface area contributed by atoms with Crippen LogP contribution in [0.1, 0.15) is 99.8 Å². The molecule has 0 spiro atoms. The minimum Gasteiger partial charge on any atom is -0.444 e. The molecular weight excluding hydrogens is 576 g/mol. The summed E-state index contributed by atoms with van der Waals surface area (Å²) >= 11 is 0. The molecule has 2 saturated carbocycles. The fourth-order valence-corrected chi connectivity index (χ4v) is 6.92. The van der Waals surface area contributed by atoms with E-state index in [0.717, 1.165) is 32.1 Å². The second-order valence-corrected chi connectivity index (χ2v) is 14.8. The van der Waals surface area contributed by atoms with Gasteiger partial charge in [0.2, 0.25) is 17.6 Å². The monoisotopic (exact) mass is 630 g/mol. The number of nitrogens with zero attached hydrogens (tertiary/aromatic N) is 1. The Morgan fingerprint density at radius 2 is 1.67 bits per heavy atom. The Balaban J connectivity index is 1.80. The Bertz CT molecular complexity index is 1150. The lowest BCUT2D eigenvalue weighted by Crippen LogP contribution is -2.59. The molecule has 0 radical (unpaired) electrons. The topological polar surface area (TPSA) is 151 Å². The zero-order valence-electron chi connectivity index (χ0n) is 28.2. The van der Waals surface area contributed by atoms with Crippen LogP contribution in [0.2, 0.25) is 0 Å². The zero-order chi connectivity index (χ0) is 33.7. The van der Waals surface area contributed by atoms with Crippen LogP contribution in [-0.4, -0.2) is 77.1 Å². The number of hydrogen-bond donors (Lipinski definition) is 3. The van der Waals surface area contributed by atoms with Crippen LogP contribution < -0.4 is 16.0 Å². The van der Waals surface area contributed by atoms with Crippen LogP contribution in [0, 0.1) is 29.1 Å². The summed E-state index contributed by atoms with van der Waals surface area (Å²) in [6.07, 6.45) is 6.12. The van der Waals surface area contributed by atoms with Crippen molar-refractivity contribution in [3.8, 4) is 0 Å². The van der Waals surface area contributed by atoms with Gasteiger partial charge in [-0.05, 0) is 69.6 Å². The number of alkyl carbamates (subject to hydrolysis) is 1. The molecule has 11 heteroatoms. The van der Waals surface area contributed by atoms with Crippen LogP contribution in [0.15, 0.2) is 12.7 Å². The molecule has 1 heterocycles. The number of ether oxygens (including phenoxy) is 1. The highest BCUT2D eigenvalue weighted by Crippen LogP contribution is 2.65. The Labute approximate surface area is 268 Å². The summed E-state index contributed by atoms with van der Waals surface area (Å²) in [4.78, 5) is 80.6. The number of Topliss-reactive ketones (excluding diaryl/α,β-unsaturated/α-hetero) is 2. The van der Waals surface area contributed by atoms with Crippen molar-refractivity contribution in [2.75, 3.05) is 13.1 Å². The molecule has 11 nitrogen and oxygen atoms in total. The van der Waals surface area contributed by atoms with Gasteiger partial charge in [0.1, 0.15) is 23.5 Å². The van der Waals surface area contributed by atoms with Gasteiger partial charge in [0.15, 0.2) is 0 Å². The lowest BCUT2D eigenvalue weighted by Gasteiger charge is -2.37. The van der Waals surface area contributed by atoms with Crippen molar-refractivity contribution in [2.24, 2.45) is 29.1 Å². The highest BCUT2D eigenvalue weighted by atomic mass is 16.6. The first-order valence-electron chi connectivity index (χ1n) is 16.6. The third-order valence-electron chi connectivity index (χ3n) is 9.64. The SMILES string of the molecule is C=CCC[C@H](NC(=O)[C@@H]1[C@@H]2[C@H](CN1C(=O)[C@@H](NC(=O)OC(C)(C)C)C1CCCCC1)C2(C)C)C(=O)C(=O)NCCC(=O)C(C)C. The minimum atomic E-state index is -1.12. The Morgan fingerprint density at radius 1 is 1.02 bits per heavy atom. The molecular formula is C34H54N4O7. The Hall–Kier alpha value is -3.24. The molecule has 3 N–H and O–H groups in total. The zero-order valence-corrected chi connectivity index (χ0v) is 28.2. The summed E-state index contributed by atoms with van der Waals surface area (Å²) in [5.41, 5.74) is -0.923. The molecule has 4 amide bonds. The van der Waals surface area contributed by atoms with Crippen molar-refractivity contribution < 1.29 is 33.5 Å². The number of nitrogens with one attached hydrogen (secondary N) is 3. The molecule has 45 heavy (non-hydrogen) atoms. The third kappa shape index (κ3) is 9.16. The van der Waals surface area contributed by atoms with E-state index in [1.807, 2.05) is 0 Å². The van der Waals surface area contributed by atoms with Crippen molar-refractivity contribution in [1.82, 2.24) is 20.9 Å². The van der Waals surface area contributed by atoms with Gasteiger partial charge in [-0.15, -0.1) is 6.58 Å². The van der Waals surface area contributed by atoms with Crippen LogP contribution in [-0.2, 0) is 28.7 Å². The summed E-state index contributed by atoms with van der Waals surface area (Å²) in [5, 5.41) is 8.14. The lowest BCUT2D eigenvalue weighted by atomic mass is 9.83. The van der Waals surface area contributed by atoms with Crippen LogP contribution in [0.5, 0.6) is 0 Å². The average Bonchev–Trinajstić information content (AvgIpc) is 3.28. The number of carbonyl (C=O) groups is 6. The number of allylic oxidation sites excluding steroid dienone is 1. The molecule has 1 saturated heterocycles. The van der Waals surface area contributed by atoms with E-state index in [4.69, 9.17) is 4.74 Å². The van der Waals surface area contributed by atoms with Gasteiger partial charge in [0, 0.05) is 25.4 Å². The quantitative estimate of drug-likeness (QED) is 0.196. The van der Waals surface area contributed by atoms with Gasteiger partial charge in [-0.3, -0.25) is 24.0 Å². The normalized spacial score (nSPS) is 23.7. The first-order chi connectivity index (χ1) is 21.0. The molecule has 0 aromatic rings. The summed E-state index contributed by atoms with van der Waals surface area (Å²) in [6.45, 7) is 17.0. The molecule has 5 atom stereocenters. The van der Waals surface area contributed by atoms with Crippen LogP contribution in [0.25, 0.3) is 0 Å². The fraction of sp³-hybridized carbons (Fsp3) is 0.765. The van der Waals surface area contributed by atoms with E-state index >= 15 is 0 Å². The molecule has 3 rings (SSSR count). The van der Waals surface area contributed by atoms with E-state index in [1.54, 1.807) is 45.6 Å². The molecule has 3 fully saturated rings. The van der Waals surface area contributed by atoms with Crippen molar-refractivity contribution in [3.05, 3.63) is 12.7 Å². The van der Waals surface area contributed by atoms with Gasteiger partial charge >= 0.3 is 6.09 Å². The van der Waals surface area contributed by atoms with E-state index in [1.165, 1.54) is 0 Å². The number of hydrogen-bond acceptors (Lipinski definition) is 7. The van der Waals surface area contributed by atoms with Crippen molar-refractivity contribution in [3.63, 3.8) is 0 Å². The van der Waals surface area contributed by atoms with E-state index in [2.05, 4.69) is 36.4 Å². The Morgan fingerprint density at radius 3 is 2.24 bits per heavy atom. The van der Waals surface area contributed by atoms with Gasteiger partial charge in [0.05, 0.1) is 6.04 Å². The smallest absolute Gasteiger partial charge is 0.408 e. The molecule has 0 aromatic heterocycles. The van der Waals surface area contributed by atoms with Crippen molar-refractivity contribution >= 4 is 35.4 Å². The average molecular weight is 631 g/mol. The van der Waals surface area contributed by atoms with Crippen LogP contribution in [0.4, 0.5) is 4.79 Å². The number of amides is 4. The van der Waals surface area contributed by atoms with E-state index in [9.17, 15) is 28.8 Å². The molecule has 2 aliphatic carbocycles. The predicted octanol–water partition coefficient (Wildman–Crippen LogP) is 3.69. The number of piperidine rings is 1. The van der Waals surface area contributed by atoms with Gasteiger partial charge in [0.25, 0.3) is 5.91 Å².